The van der Waals surface area contributed by atoms with Gasteiger partial charge in [0.25, 0.3) is 5.91 Å². The van der Waals surface area contributed by atoms with Crippen LogP contribution in [-0.4, -0.2) is 48.3 Å². The lowest BCUT2D eigenvalue weighted by atomic mass is 10.0. The van der Waals surface area contributed by atoms with Gasteiger partial charge in [0, 0.05) is 48.3 Å². The molecule has 4 aromatic heterocycles. The van der Waals surface area contributed by atoms with Gasteiger partial charge in [-0.25, -0.2) is 18.9 Å². The molecule has 1 aliphatic rings. The lowest BCUT2D eigenvalue weighted by Crippen LogP contribution is -2.20. The van der Waals surface area contributed by atoms with Crippen molar-refractivity contribution < 1.29 is 13.9 Å². The van der Waals surface area contributed by atoms with Crippen LogP contribution in [0.15, 0.2) is 97.7 Å². The van der Waals surface area contributed by atoms with Gasteiger partial charge in [0.2, 0.25) is 0 Å². The highest BCUT2D eigenvalue weighted by Gasteiger charge is 2.24. The summed E-state index contributed by atoms with van der Waals surface area (Å²) < 4.78 is 23.1. The summed E-state index contributed by atoms with van der Waals surface area (Å²) in [5, 5.41) is 7.75. The van der Waals surface area contributed by atoms with Crippen LogP contribution >= 0.6 is 0 Å². The summed E-state index contributed by atoms with van der Waals surface area (Å²) in [6.45, 7) is 1.35. The molecule has 1 N–H and O–H groups in total. The summed E-state index contributed by atoms with van der Waals surface area (Å²) >= 11 is 0. The fourth-order valence-corrected chi connectivity index (χ4v) is 5.30. The molecular formula is C32H26FN7O2. The topological polar surface area (TPSA) is 99.2 Å². The van der Waals surface area contributed by atoms with E-state index < -0.39 is 0 Å². The van der Waals surface area contributed by atoms with Crippen LogP contribution in [0, 0.1) is 5.82 Å². The summed E-state index contributed by atoms with van der Waals surface area (Å²) in [5.74, 6) is -0.200. The zero-order valence-electron chi connectivity index (χ0n) is 22.5. The zero-order valence-corrected chi connectivity index (χ0v) is 22.5. The van der Waals surface area contributed by atoms with Crippen molar-refractivity contribution in [1.82, 2.24) is 29.1 Å². The van der Waals surface area contributed by atoms with Crippen molar-refractivity contribution in [3.63, 3.8) is 0 Å². The summed E-state index contributed by atoms with van der Waals surface area (Å²) in [6.07, 6.45) is 8.71. The number of hydrogen-bond acceptors (Lipinski definition) is 6. The molecule has 10 heteroatoms. The van der Waals surface area contributed by atoms with Gasteiger partial charge in [-0.3, -0.25) is 9.78 Å². The SMILES string of the molecule is O=C(Nc1cn2nc(-c3c(-c4ccc(F)cc4)ncn3C3CCOCC3)ccc2n1)c1cccc(-c2cccnc2)c1. The van der Waals surface area contributed by atoms with Crippen molar-refractivity contribution in [3.8, 4) is 33.8 Å². The highest BCUT2D eigenvalue weighted by molar-refractivity contribution is 6.04. The molecule has 7 rings (SSSR count). The molecule has 0 atom stereocenters. The quantitative estimate of drug-likeness (QED) is 0.266. The highest BCUT2D eigenvalue weighted by Crippen LogP contribution is 2.35. The van der Waals surface area contributed by atoms with Gasteiger partial charge < -0.3 is 14.6 Å². The van der Waals surface area contributed by atoms with Crippen molar-refractivity contribution in [2.75, 3.05) is 18.5 Å². The van der Waals surface area contributed by atoms with Gasteiger partial charge in [0.15, 0.2) is 11.5 Å². The number of pyridine rings is 1. The van der Waals surface area contributed by atoms with E-state index in [4.69, 9.17) is 14.8 Å². The zero-order chi connectivity index (χ0) is 28.5. The van der Waals surface area contributed by atoms with Gasteiger partial charge in [-0.15, -0.1) is 0 Å². The van der Waals surface area contributed by atoms with E-state index in [1.165, 1.54) is 12.1 Å². The standard InChI is InChI=1S/C32H26FN7O2/c33-25-8-6-21(7-9-25)30-31(39(20-35-30)26-12-15-42-16-13-26)27-10-11-29-36-28(19-40(29)38-27)37-32(41)23-4-1-3-22(17-23)24-5-2-14-34-18-24/h1-11,14,17-20,26H,12-13,15-16H2,(H,37,41). The summed E-state index contributed by atoms with van der Waals surface area (Å²) in [6, 6.07) is 21.4. The molecule has 0 saturated carbocycles. The maximum atomic E-state index is 13.7. The maximum Gasteiger partial charge on any atom is 0.256 e. The Labute approximate surface area is 240 Å². The Balaban J connectivity index is 1.21. The largest absolute Gasteiger partial charge is 0.381 e. The molecule has 0 spiro atoms. The van der Waals surface area contributed by atoms with E-state index in [0.29, 0.717) is 35.9 Å². The normalized spacial score (nSPS) is 13.8. The number of carbonyl (C=O) groups is 1. The minimum absolute atomic E-state index is 0.202. The molecular weight excluding hydrogens is 533 g/mol. The summed E-state index contributed by atoms with van der Waals surface area (Å²) in [4.78, 5) is 26.6. The van der Waals surface area contributed by atoms with Crippen LogP contribution in [-0.2, 0) is 4.74 Å². The molecule has 1 fully saturated rings. The summed E-state index contributed by atoms with van der Waals surface area (Å²) in [5.41, 5.74) is 5.95. The third kappa shape index (κ3) is 5.04. The number of nitrogens with one attached hydrogen (secondary N) is 1. The number of amides is 1. The molecule has 0 aliphatic carbocycles. The van der Waals surface area contributed by atoms with Gasteiger partial charge in [-0.1, -0.05) is 18.2 Å². The number of hydrogen-bond donors (Lipinski definition) is 1. The van der Waals surface area contributed by atoms with Crippen molar-refractivity contribution in [2.24, 2.45) is 0 Å². The minimum atomic E-state index is -0.305. The smallest absolute Gasteiger partial charge is 0.256 e. The second kappa shape index (κ2) is 11.0. The molecule has 6 aromatic rings. The maximum absolute atomic E-state index is 13.7. The second-order valence-corrected chi connectivity index (χ2v) is 10.1. The predicted octanol–water partition coefficient (Wildman–Crippen LogP) is 6.06. The lowest BCUT2D eigenvalue weighted by Gasteiger charge is -2.25. The molecule has 0 radical (unpaired) electrons. The lowest BCUT2D eigenvalue weighted by molar-refractivity contribution is 0.0699. The number of ether oxygens (including phenoxy) is 1. The average Bonchev–Trinajstić information content (AvgIpc) is 3.66. The van der Waals surface area contributed by atoms with E-state index in [-0.39, 0.29) is 17.8 Å². The molecule has 0 bridgehead atoms. The Kier molecular flexibility index (Phi) is 6.73. The van der Waals surface area contributed by atoms with Crippen molar-refractivity contribution >= 4 is 17.4 Å². The van der Waals surface area contributed by atoms with Crippen LogP contribution in [0.25, 0.3) is 39.4 Å². The first-order valence-corrected chi connectivity index (χ1v) is 13.7. The van der Waals surface area contributed by atoms with E-state index in [1.54, 1.807) is 41.3 Å². The number of aromatic nitrogens is 6. The fraction of sp³-hybridized carbons (Fsp3) is 0.156. The molecule has 0 unspecified atom stereocenters. The molecule has 1 amide bonds. The van der Waals surface area contributed by atoms with Gasteiger partial charge >= 0.3 is 0 Å². The highest BCUT2D eigenvalue weighted by atomic mass is 19.1. The summed E-state index contributed by atoms with van der Waals surface area (Å²) in [7, 11) is 0. The van der Waals surface area contributed by atoms with Gasteiger partial charge in [0.1, 0.15) is 11.5 Å². The monoisotopic (exact) mass is 559 g/mol. The van der Waals surface area contributed by atoms with Gasteiger partial charge in [-0.05, 0) is 73.0 Å². The number of rotatable bonds is 6. The number of imidazole rings is 2. The molecule has 1 aliphatic heterocycles. The van der Waals surface area contributed by atoms with Crippen LogP contribution in [0.4, 0.5) is 10.2 Å². The van der Waals surface area contributed by atoms with Crippen molar-refractivity contribution in [2.45, 2.75) is 18.9 Å². The Hall–Kier alpha value is -5.22. The molecule has 2 aromatic carbocycles. The average molecular weight is 560 g/mol. The number of carbonyl (C=O) groups excluding carboxylic acids is 1. The van der Waals surface area contributed by atoms with Crippen LogP contribution in [0.1, 0.15) is 29.2 Å². The first kappa shape index (κ1) is 25.7. The van der Waals surface area contributed by atoms with Crippen LogP contribution in [0.5, 0.6) is 0 Å². The third-order valence-electron chi connectivity index (χ3n) is 7.42. The van der Waals surface area contributed by atoms with Crippen LogP contribution < -0.4 is 5.32 Å². The Morgan fingerprint density at radius 2 is 1.79 bits per heavy atom. The molecule has 208 valence electrons. The van der Waals surface area contributed by atoms with Crippen molar-refractivity contribution in [1.29, 1.82) is 0 Å². The van der Waals surface area contributed by atoms with E-state index in [2.05, 4.69) is 19.9 Å². The molecule has 1 saturated heterocycles. The second-order valence-electron chi connectivity index (χ2n) is 10.1. The Bertz CT molecular complexity index is 1880. The first-order chi connectivity index (χ1) is 20.6. The molecule has 9 nitrogen and oxygen atoms in total. The Morgan fingerprint density at radius 1 is 0.952 bits per heavy atom. The molecule has 42 heavy (non-hydrogen) atoms. The van der Waals surface area contributed by atoms with Crippen molar-refractivity contribution in [3.05, 3.63) is 109 Å². The van der Waals surface area contributed by atoms with Gasteiger partial charge in [-0.2, -0.15) is 5.10 Å². The number of halogens is 1. The fourth-order valence-electron chi connectivity index (χ4n) is 5.30. The van der Waals surface area contributed by atoms with E-state index in [1.807, 2.05) is 48.8 Å². The van der Waals surface area contributed by atoms with E-state index >= 15 is 0 Å². The van der Waals surface area contributed by atoms with E-state index in [9.17, 15) is 9.18 Å². The predicted molar refractivity (Wildman–Crippen MR) is 156 cm³/mol. The minimum Gasteiger partial charge on any atom is -0.381 e. The van der Waals surface area contributed by atoms with Gasteiger partial charge in [0.05, 0.1) is 23.9 Å². The number of fused-ring (bicyclic) bond motifs is 1. The number of benzene rings is 2. The van der Waals surface area contributed by atoms with E-state index in [0.717, 1.165) is 40.9 Å². The number of anilines is 1. The molecule has 5 heterocycles. The van der Waals surface area contributed by atoms with Crippen LogP contribution in [0.2, 0.25) is 0 Å². The Morgan fingerprint density at radius 3 is 2.60 bits per heavy atom. The first-order valence-electron chi connectivity index (χ1n) is 13.7. The third-order valence-corrected chi connectivity index (χ3v) is 7.42. The number of nitrogens with zero attached hydrogens (tertiary/aromatic N) is 6. The van der Waals surface area contributed by atoms with Crippen LogP contribution in [0.3, 0.4) is 0 Å².